The molecule has 7 rings (SSSR count). The third kappa shape index (κ3) is 4.99. The first-order chi connectivity index (χ1) is 22.3. The van der Waals surface area contributed by atoms with E-state index in [1.807, 2.05) is 35.1 Å². The first-order valence-corrected chi connectivity index (χ1v) is 16.9. The smallest absolute Gasteiger partial charge is 0.274 e. The number of anilines is 1. The van der Waals surface area contributed by atoms with Crippen LogP contribution in [0.3, 0.4) is 0 Å². The molecule has 2 atom stereocenters. The molecule has 7 nitrogen and oxygen atoms in total. The van der Waals surface area contributed by atoms with Gasteiger partial charge in [0.2, 0.25) is 0 Å². The molecule has 2 saturated heterocycles. The average molecular weight is 634 g/mol. The first-order valence-electron chi connectivity index (χ1n) is 16.5. The maximum Gasteiger partial charge on any atom is 0.274 e. The second-order valence-corrected chi connectivity index (χ2v) is 13.6. The molecule has 4 heterocycles. The Morgan fingerprint density at radius 3 is 2.57 bits per heavy atom. The average Bonchev–Trinajstić information content (AvgIpc) is 3.49. The molecule has 236 valence electrons. The van der Waals surface area contributed by atoms with Crippen LogP contribution in [-0.4, -0.2) is 33.5 Å². The van der Waals surface area contributed by atoms with Crippen LogP contribution in [-0.2, 0) is 4.74 Å². The minimum atomic E-state index is -0.297. The minimum absolute atomic E-state index is 0.0901. The van der Waals surface area contributed by atoms with Gasteiger partial charge in [0.05, 0.1) is 35.2 Å². The van der Waals surface area contributed by atoms with E-state index in [0.29, 0.717) is 10.7 Å². The van der Waals surface area contributed by atoms with E-state index in [0.717, 1.165) is 101 Å². The zero-order valence-electron chi connectivity index (χ0n) is 27.0. The van der Waals surface area contributed by atoms with Gasteiger partial charge in [-0.25, -0.2) is 9.53 Å². The molecule has 8 heteroatoms. The second kappa shape index (κ2) is 12.2. The number of hydrogen-bond acceptors (Lipinski definition) is 4. The van der Waals surface area contributed by atoms with Gasteiger partial charge in [-0.3, -0.25) is 9.36 Å². The Labute approximate surface area is 275 Å². The lowest BCUT2D eigenvalue weighted by Gasteiger charge is -2.37. The van der Waals surface area contributed by atoms with Crippen LogP contribution in [0.1, 0.15) is 82.6 Å². The summed E-state index contributed by atoms with van der Waals surface area (Å²) in [6.45, 7) is 18.3. The molecule has 0 amide bonds. The summed E-state index contributed by atoms with van der Waals surface area (Å²) in [6, 6.07) is 16.5. The van der Waals surface area contributed by atoms with Gasteiger partial charge in [0, 0.05) is 40.6 Å². The summed E-state index contributed by atoms with van der Waals surface area (Å²) in [7, 11) is 0. The van der Waals surface area contributed by atoms with Gasteiger partial charge in [0.1, 0.15) is 0 Å². The third-order valence-electron chi connectivity index (χ3n) is 9.90. The van der Waals surface area contributed by atoms with E-state index in [1.165, 1.54) is 0 Å². The van der Waals surface area contributed by atoms with E-state index in [1.54, 1.807) is 4.57 Å². The number of ether oxygens (including phenoxy) is 1. The van der Waals surface area contributed by atoms with Crippen LogP contribution < -0.4 is 10.5 Å². The largest absolute Gasteiger partial charge is 0.377 e. The molecular weight excluding hydrogens is 594 g/mol. The zero-order chi connectivity index (χ0) is 32.1. The lowest BCUT2D eigenvalue weighted by atomic mass is 9.94. The molecule has 0 radical (unpaired) electrons. The molecule has 1 unspecified atom stereocenters. The van der Waals surface area contributed by atoms with Gasteiger partial charge in [0.25, 0.3) is 11.2 Å². The number of pyridine rings is 1. The number of para-hydroxylation sites is 1. The Kier molecular flexibility index (Phi) is 8.12. The summed E-state index contributed by atoms with van der Waals surface area (Å²) in [5.41, 5.74) is 7.03. The monoisotopic (exact) mass is 633 g/mol. The molecular formula is C38H40ClN5O2. The van der Waals surface area contributed by atoms with E-state index in [-0.39, 0.29) is 29.4 Å². The minimum Gasteiger partial charge on any atom is -0.377 e. The molecule has 0 N–H and O–H groups in total. The van der Waals surface area contributed by atoms with Crippen LogP contribution in [0.4, 0.5) is 11.4 Å². The van der Waals surface area contributed by atoms with Crippen molar-refractivity contribution in [2.45, 2.75) is 84.4 Å². The Bertz CT molecular complexity index is 2060. The summed E-state index contributed by atoms with van der Waals surface area (Å²) >= 11 is 7.29. The van der Waals surface area contributed by atoms with Crippen molar-refractivity contribution in [3.63, 3.8) is 0 Å². The highest BCUT2D eigenvalue weighted by Gasteiger charge is 2.29. The van der Waals surface area contributed by atoms with E-state index in [9.17, 15) is 4.79 Å². The van der Waals surface area contributed by atoms with Crippen molar-refractivity contribution < 1.29 is 4.74 Å². The van der Waals surface area contributed by atoms with Crippen LogP contribution >= 0.6 is 11.6 Å². The lowest BCUT2D eigenvalue weighted by molar-refractivity contribution is -0.0366. The number of halogens is 1. The molecule has 0 saturated carbocycles. The van der Waals surface area contributed by atoms with Gasteiger partial charge in [-0.2, -0.15) is 5.10 Å². The fourth-order valence-electron chi connectivity index (χ4n) is 7.55. The van der Waals surface area contributed by atoms with Crippen molar-refractivity contribution in [3.8, 4) is 16.8 Å². The highest BCUT2D eigenvalue weighted by Crippen LogP contribution is 2.45. The van der Waals surface area contributed by atoms with Gasteiger partial charge < -0.3 is 9.64 Å². The Balaban J connectivity index is 1.56. The van der Waals surface area contributed by atoms with E-state index in [2.05, 4.69) is 61.7 Å². The second-order valence-electron chi connectivity index (χ2n) is 13.2. The van der Waals surface area contributed by atoms with Gasteiger partial charge in [0.15, 0.2) is 6.23 Å². The Morgan fingerprint density at radius 1 is 1.02 bits per heavy atom. The van der Waals surface area contributed by atoms with Crippen LogP contribution in [0.2, 0.25) is 5.02 Å². The summed E-state index contributed by atoms with van der Waals surface area (Å²) in [5, 5.41) is 7.20. The van der Waals surface area contributed by atoms with Crippen molar-refractivity contribution in [2.75, 3.05) is 18.1 Å². The molecule has 0 aliphatic carbocycles. The number of aromatic nitrogens is 3. The zero-order valence-corrected chi connectivity index (χ0v) is 27.8. The number of fused-ring (bicyclic) bond motifs is 2. The fourth-order valence-corrected chi connectivity index (χ4v) is 7.80. The van der Waals surface area contributed by atoms with Crippen LogP contribution in [0, 0.1) is 13.5 Å². The fraction of sp³-hybridized carbons (Fsp3) is 0.395. The number of aryl methyl sites for hydroxylation is 1. The normalized spacial score (nSPS) is 18.8. The number of hydrogen-bond donors (Lipinski definition) is 0. The van der Waals surface area contributed by atoms with Gasteiger partial charge in [-0.15, -0.1) is 0 Å². The highest BCUT2D eigenvalue weighted by molar-refractivity contribution is 6.35. The molecule has 3 aromatic carbocycles. The van der Waals surface area contributed by atoms with Crippen molar-refractivity contribution in [2.24, 2.45) is 0 Å². The number of nitrogens with zero attached hydrogens (tertiary/aromatic N) is 5. The summed E-state index contributed by atoms with van der Waals surface area (Å²) in [6.07, 6.45) is 8.11. The molecule has 5 aromatic rings. The number of rotatable bonds is 5. The van der Waals surface area contributed by atoms with Crippen molar-refractivity contribution >= 4 is 44.8 Å². The highest BCUT2D eigenvalue weighted by atomic mass is 35.5. The Morgan fingerprint density at radius 2 is 1.83 bits per heavy atom. The third-order valence-corrected chi connectivity index (χ3v) is 10.2. The molecule has 2 aromatic heterocycles. The molecule has 0 spiro atoms. The topological polar surface area (TPSA) is 56.7 Å². The maximum absolute atomic E-state index is 14.6. The summed E-state index contributed by atoms with van der Waals surface area (Å²) < 4.78 is 9.86. The van der Waals surface area contributed by atoms with Crippen molar-refractivity contribution in [1.29, 1.82) is 0 Å². The van der Waals surface area contributed by atoms with Gasteiger partial charge >= 0.3 is 0 Å². The predicted octanol–water partition coefficient (Wildman–Crippen LogP) is 9.72. The van der Waals surface area contributed by atoms with Gasteiger partial charge in [-0.1, -0.05) is 49.7 Å². The quantitative estimate of drug-likeness (QED) is 0.181. The van der Waals surface area contributed by atoms with E-state index >= 15 is 0 Å². The lowest BCUT2D eigenvalue weighted by Crippen LogP contribution is -2.38. The van der Waals surface area contributed by atoms with E-state index < -0.39 is 0 Å². The predicted molar refractivity (Wildman–Crippen MR) is 188 cm³/mol. The van der Waals surface area contributed by atoms with Crippen LogP contribution in [0.15, 0.2) is 59.5 Å². The maximum atomic E-state index is 14.6. The summed E-state index contributed by atoms with van der Waals surface area (Å²) in [4.78, 5) is 20.8. The molecule has 0 bridgehead atoms. The van der Waals surface area contributed by atoms with Crippen LogP contribution in [0.5, 0.6) is 0 Å². The molecule has 46 heavy (non-hydrogen) atoms. The SMILES string of the molecule is [C-]#[N+]c1c(N2CCCC[C@@H]2C)c2cc(Cl)c(-c3c(C)ccc4c3cnn4C3CCCCO3)cc2n(-c2ccccc2C(C)C)c1=O. The molecule has 2 aliphatic heterocycles. The standard InChI is InChI=1S/C38H40ClN5O2/c1-23(2)26-13-6-7-14-31(26)43-33-21-27(35-24(3)16-17-32-29(35)22-41-44(32)34-15-9-11-19-46-34)30(39)20-28(33)37(36(40-5)38(43)45)42-18-10-8-12-25(42)4/h6-7,13-14,16-17,20-23,25,34H,8-12,15,18-19H2,1-4H3/t25-,34?/m0/s1. The van der Waals surface area contributed by atoms with Crippen LogP contribution in [0.25, 0.3) is 43.5 Å². The number of benzene rings is 3. The van der Waals surface area contributed by atoms with Crippen molar-refractivity contribution in [1.82, 2.24) is 14.3 Å². The first kappa shape index (κ1) is 30.5. The molecule has 2 fully saturated rings. The molecule has 2 aliphatic rings. The number of piperidine rings is 1. The summed E-state index contributed by atoms with van der Waals surface area (Å²) in [5.74, 6) is 0.173. The van der Waals surface area contributed by atoms with Crippen molar-refractivity contribution in [3.05, 3.63) is 92.6 Å². The Hall–Kier alpha value is -4.12. The van der Waals surface area contributed by atoms with E-state index in [4.69, 9.17) is 28.0 Å². The van der Waals surface area contributed by atoms with Gasteiger partial charge in [-0.05, 0) is 99.2 Å².